The molecule has 0 radical (unpaired) electrons. The quantitative estimate of drug-likeness (QED) is 0.872. The lowest BCUT2D eigenvalue weighted by atomic mass is 9.92. The predicted octanol–water partition coefficient (Wildman–Crippen LogP) is 2.88. The molecular weight excluding hydrogens is 258 g/mol. The van der Waals surface area contributed by atoms with E-state index in [-0.39, 0.29) is 11.0 Å². The van der Waals surface area contributed by atoms with E-state index in [9.17, 15) is 4.79 Å². The Bertz CT molecular complexity index is 659. The van der Waals surface area contributed by atoms with Gasteiger partial charge in [-0.05, 0) is 18.3 Å². The zero-order valence-corrected chi connectivity index (χ0v) is 12.4. The van der Waals surface area contributed by atoms with Crippen molar-refractivity contribution in [3.63, 3.8) is 0 Å². The third-order valence-electron chi connectivity index (χ3n) is 3.57. The lowest BCUT2D eigenvalue weighted by molar-refractivity contribution is 0.603. The van der Waals surface area contributed by atoms with Crippen molar-refractivity contribution in [2.24, 2.45) is 0 Å². The highest BCUT2D eigenvalue weighted by Gasteiger charge is 2.29. The molecule has 4 nitrogen and oxygen atoms in total. The summed E-state index contributed by atoms with van der Waals surface area (Å²) in [7, 11) is 0. The van der Waals surface area contributed by atoms with Crippen molar-refractivity contribution < 1.29 is 0 Å². The first-order chi connectivity index (χ1) is 8.98. The van der Waals surface area contributed by atoms with Crippen LogP contribution < -0.4 is 10.5 Å². The number of anilines is 1. The lowest BCUT2D eigenvalue weighted by Crippen LogP contribution is -2.23. The molecule has 5 heteroatoms. The van der Waals surface area contributed by atoms with Crippen molar-refractivity contribution in [2.45, 2.75) is 39.0 Å². The number of thiophene rings is 1. The molecule has 0 amide bonds. The first-order valence-electron chi connectivity index (χ1n) is 6.74. The van der Waals surface area contributed by atoms with Gasteiger partial charge in [0.05, 0.1) is 12.0 Å². The molecule has 1 fully saturated rings. The summed E-state index contributed by atoms with van der Waals surface area (Å²) in [5.41, 5.74) is 1.15. The number of aromatic amines is 1. The molecule has 0 aliphatic carbocycles. The van der Waals surface area contributed by atoms with Gasteiger partial charge in [-0.3, -0.25) is 4.79 Å². The molecule has 0 spiro atoms. The molecule has 102 valence electrons. The van der Waals surface area contributed by atoms with Crippen LogP contribution in [0.5, 0.6) is 0 Å². The van der Waals surface area contributed by atoms with Gasteiger partial charge < -0.3 is 9.88 Å². The number of aromatic nitrogens is 2. The van der Waals surface area contributed by atoms with Gasteiger partial charge in [-0.1, -0.05) is 20.8 Å². The number of nitrogens with zero attached hydrogens (tertiary/aromatic N) is 2. The SMILES string of the molecule is CC(C)(C)c1sc2nc[nH]c(=O)c2c1N1CCCC1. The van der Waals surface area contributed by atoms with Gasteiger partial charge in [-0.2, -0.15) is 0 Å². The van der Waals surface area contributed by atoms with E-state index in [1.54, 1.807) is 11.3 Å². The normalized spacial score (nSPS) is 16.5. The standard InChI is InChI=1S/C14H19N3OS/c1-14(2,3)11-10(17-6-4-5-7-17)9-12(18)15-8-16-13(9)19-11/h8H,4-7H2,1-3H3,(H,15,16,18). The van der Waals surface area contributed by atoms with Crippen LogP contribution in [-0.4, -0.2) is 23.1 Å². The maximum Gasteiger partial charge on any atom is 0.261 e. The molecule has 1 aliphatic heterocycles. The number of hydrogen-bond donors (Lipinski definition) is 1. The second-order valence-corrected chi connectivity index (χ2v) is 7.13. The van der Waals surface area contributed by atoms with E-state index in [0.717, 1.165) is 29.0 Å². The highest BCUT2D eigenvalue weighted by Crippen LogP contribution is 2.43. The van der Waals surface area contributed by atoms with Crippen molar-refractivity contribution in [2.75, 3.05) is 18.0 Å². The van der Waals surface area contributed by atoms with Crippen LogP contribution in [0.25, 0.3) is 10.2 Å². The van der Waals surface area contributed by atoms with Crippen LogP contribution >= 0.6 is 11.3 Å². The summed E-state index contributed by atoms with van der Waals surface area (Å²) in [5.74, 6) is 0. The first kappa shape index (κ1) is 12.7. The van der Waals surface area contributed by atoms with Gasteiger partial charge in [0.15, 0.2) is 0 Å². The monoisotopic (exact) mass is 277 g/mol. The highest BCUT2D eigenvalue weighted by atomic mass is 32.1. The molecule has 19 heavy (non-hydrogen) atoms. The minimum atomic E-state index is -0.0151. The Morgan fingerprint density at radius 3 is 2.63 bits per heavy atom. The van der Waals surface area contributed by atoms with Crippen LogP contribution in [-0.2, 0) is 5.41 Å². The lowest BCUT2D eigenvalue weighted by Gasteiger charge is -2.25. The molecule has 2 aromatic rings. The van der Waals surface area contributed by atoms with Gasteiger partial charge in [0.25, 0.3) is 5.56 Å². The van der Waals surface area contributed by atoms with E-state index in [0.29, 0.717) is 0 Å². The summed E-state index contributed by atoms with van der Waals surface area (Å²) in [4.78, 5) is 23.7. The molecule has 1 N–H and O–H groups in total. The molecule has 3 heterocycles. The molecule has 1 aliphatic rings. The van der Waals surface area contributed by atoms with Crippen molar-refractivity contribution in [1.82, 2.24) is 9.97 Å². The van der Waals surface area contributed by atoms with E-state index in [2.05, 4.69) is 35.6 Å². The Morgan fingerprint density at radius 2 is 2.00 bits per heavy atom. The van der Waals surface area contributed by atoms with Crippen LogP contribution in [0.4, 0.5) is 5.69 Å². The number of hydrogen-bond acceptors (Lipinski definition) is 4. The van der Waals surface area contributed by atoms with Crippen LogP contribution in [0.2, 0.25) is 0 Å². The third-order valence-corrected chi connectivity index (χ3v) is 5.09. The average molecular weight is 277 g/mol. The maximum atomic E-state index is 12.2. The summed E-state index contributed by atoms with van der Waals surface area (Å²) in [5, 5.41) is 0.777. The topological polar surface area (TPSA) is 49.0 Å². The Labute approximate surface area is 116 Å². The molecule has 2 aromatic heterocycles. The summed E-state index contributed by atoms with van der Waals surface area (Å²) in [6.45, 7) is 8.69. The fourth-order valence-corrected chi connectivity index (χ4v) is 3.90. The zero-order valence-electron chi connectivity index (χ0n) is 11.6. The van der Waals surface area contributed by atoms with Crippen molar-refractivity contribution >= 4 is 27.2 Å². The Balaban J connectivity index is 2.33. The minimum absolute atomic E-state index is 0.0151. The maximum absolute atomic E-state index is 12.2. The zero-order chi connectivity index (χ0) is 13.6. The van der Waals surface area contributed by atoms with Gasteiger partial charge in [0, 0.05) is 18.0 Å². The van der Waals surface area contributed by atoms with E-state index < -0.39 is 0 Å². The smallest absolute Gasteiger partial charge is 0.261 e. The van der Waals surface area contributed by atoms with Gasteiger partial charge >= 0.3 is 0 Å². The van der Waals surface area contributed by atoms with Gasteiger partial charge in [0.1, 0.15) is 10.2 Å². The van der Waals surface area contributed by atoms with Crippen LogP contribution in [0.15, 0.2) is 11.1 Å². The predicted molar refractivity (Wildman–Crippen MR) is 80.4 cm³/mol. The van der Waals surface area contributed by atoms with Crippen LogP contribution in [0, 0.1) is 0 Å². The minimum Gasteiger partial charge on any atom is -0.370 e. The molecule has 0 atom stereocenters. The molecular formula is C14H19N3OS. The van der Waals surface area contributed by atoms with Gasteiger partial charge in [-0.25, -0.2) is 4.98 Å². The largest absolute Gasteiger partial charge is 0.370 e. The van der Waals surface area contributed by atoms with Crippen molar-refractivity contribution in [3.05, 3.63) is 21.6 Å². The van der Waals surface area contributed by atoms with E-state index in [4.69, 9.17) is 0 Å². The van der Waals surface area contributed by atoms with Gasteiger partial charge in [-0.15, -0.1) is 11.3 Å². The van der Waals surface area contributed by atoms with Crippen LogP contribution in [0.3, 0.4) is 0 Å². The number of nitrogens with one attached hydrogen (secondary N) is 1. The second kappa shape index (κ2) is 4.34. The number of H-pyrrole nitrogens is 1. The summed E-state index contributed by atoms with van der Waals surface area (Å²) < 4.78 is 0. The van der Waals surface area contributed by atoms with E-state index in [1.165, 1.54) is 24.0 Å². The summed E-state index contributed by atoms with van der Waals surface area (Å²) in [6, 6.07) is 0. The Hall–Kier alpha value is -1.36. The molecule has 0 aromatic carbocycles. The second-order valence-electron chi connectivity index (χ2n) is 6.14. The fraction of sp³-hybridized carbons (Fsp3) is 0.571. The van der Waals surface area contributed by atoms with E-state index in [1.807, 2.05) is 0 Å². The molecule has 0 unspecified atom stereocenters. The van der Waals surface area contributed by atoms with Crippen LogP contribution in [0.1, 0.15) is 38.5 Å². The van der Waals surface area contributed by atoms with E-state index >= 15 is 0 Å². The molecule has 0 saturated carbocycles. The Morgan fingerprint density at radius 1 is 1.32 bits per heavy atom. The first-order valence-corrected chi connectivity index (χ1v) is 7.56. The average Bonchev–Trinajstić information content (AvgIpc) is 2.94. The highest BCUT2D eigenvalue weighted by molar-refractivity contribution is 7.19. The molecule has 3 rings (SSSR count). The van der Waals surface area contributed by atoms with Crippen molar-refractivity contribution in [3.8, 4) is 0 Å². The summed E-state index contributed by atoms with van der Waals surface area (Å²) >= 11 is 1.66. The number of fused-ring (bicyclic) bond motifs is 1. The summed E-state index contributed by atoms with van der Waals surface area (Å²) in [6.07, 6.45) is 3.92. The fourth-order valence-electron chi connectivity index (χ4n) is 2.68. The Kier molecular flexibility index (Phi) is 2.89. The van der Waals surface area contributed by atoms with Crippen molar-refractivity contribution in [1.29, 1.82) is 0 Å². The third kappa shape index (κ3) is 2.06. The molecule has 1 saturated heterocycles. The van der Waals surface area contributed by atoms with Gasteiger partial charge in [0.2, 0.25) is 0 Å². The molecule has 0 bridgehead atoms. The number of rotatable bonds is 1.